The van der Waals surface area contributed by atoms with Crippen LogP contribution in [0, 0.1) is 6.92 Å². The van der Waals surface area contributed by atoms with Gasteiger partial charge in [0.2, 0.25) is 0 Å². The molecule has 0 aliphatic heterocycles. The molecule has 0 fully saturated rings. The fourth-order valence-electron chi connectivity index (χ4n) is 1.77. The lowest BCUT2D eigenvalue weighted by Gasteiger charge is -2.16. The summed E-state index contributed by atoms with van der Waals surface area (Å²) in [6, 6.07) is 8.96. The third-order valence-electron chi connectivity index (χ3n) is 2.75. The van der Waals surface area contributed by atoms with Gasteiger partial charge in [0.05, 0.1) is 0 Å². The number of pyridine rings is 2. The van der Waals surface area contributed by atoms with Crippen molar-refractivity contribution in [3.63, 3.8) is 0 Å². The number of carbonyl (C=O) groups excluding carboxylic acids is 1. The molecule has 0 saturated carbocycles. The van der Waals surface area contributed by atoms with Gasteiger partial charge in [-0.1, -0.05) is 6.07 Å². The number of hydrogen-bond acceptors (Lipinski definition) is 4. The molecule has 1 amide bonds. The average Bonchev–Trinajstić information content (AvgIpc) is 2.46. The molecule has 0 aliphatic carbocycles. The molecule has 0 aromatic carbocycles. The van der Waals surface area contributed by atoms with Crippen molar-refractivity contribution in [2.45, 2.75) is 6.92 Å². The maximum absolute atomic E-state index is 12.4. The molecule has 5 heteroatoms. The number of rotatable bonds is 3. The molecule has 2 aromatic heterocycles. The van der Waals surface area contributed by atoms with Gasteiger partial charge in [-0.25, -0.2) is 9.97 Å². The van der Waals surface area contributed by atoms with E-state index in [4.69, 9.17) is 0 Å². The number of carbonyl (C=O) groups is 1. The second-order valence-electron chi connectivity index (χ2n) is 4.18. The molecule has 2 heterocycles. The lowest BCUT2D eigenvalue weighted by Crippen LogP contribution is -2.27. The molecule has 0 spiro atoms. The van der Waals surface area contributed by atoms with Crippen LogP contribution in [0.25, 0.3) is 0 Å². The second-order valence-corrected chi connectivity index (χ2v) is 4.18. The van der Waals surface area contributed by atoms with E-state index in [2.05, 4.69) is 15.3 Å². The van der Waals surface area contributed by atoms with E-state index in [1.54, 1.807) is 38.5 Å². The highest BCUT2D eigenvalue weighted by Crippen LogP contribution is 2.15. The maximum atomic E-state index is 12.4. The van der Waals surface area contributed by atoms with Crippen molar-refractivity contribution in [3.8, 4) is 0 Å². The maximum Gasteiger partial charge on any atom is 0.259 e. The Morgan fingerprint density at radius 3 is 2.74 bits per heavy atom. The minimum Gasteiger partial charge on any atom is -0.373 e. The van der Waals surface area contributed by atoms with Gasteiger partial charge in [0.15, 0.2) is 0 Å². The quantitative estimate of drug-likeness (QED) is 0.913. The van der Waals surface area contributed by atoms with Crippen LogP contribution in [0.3, 0.4) is 0 Å². The summed E-state index contributed by atoms with van der Waals surface area (Å²) in [5.74, 6) is 1.19. The Bertz CT molecular complexity index is 583. The van der Waals surface area contributed by atoms with E-state index >= 15 is 0 Å². The van der Waals surface area contributed by atoms with E-state index in [1.165, 1.54) is 4.90 Å². The van der Waals surface area contributed by atoms with Crippen LogP contribution in [0.1, 0.15) is 16.1 Å². The van der Waals surface area contributed by atoms with Gasteiger partial charge in [-0.05, 0) is 31.2 Å². The van der Waals surface area contributed by atoms with Gasteiger partial charge in [0.25, 0.3) is 5.91 Å². The van der Waals surface area contributed by atoms with Crippen molar-refractivity contribution in [2.75, 3.05) is 24.3 Å². The van der Waals surface area contributed by atoms with Crippen LogP contribution in [0.15, 0.2) is 36.5 Å². The van der Waals surface area contributed by atoms with Crippen LogP contribution in [0.5, 0.6) is 0 Å². The van der Waals surface area contributed by atoms with E-state index < -0.39 is 0 Å². The lowest BCUT2D eigenvalue weighted by atomic mass is 10.2. The molecule has 2 rings (SSSR count). The molecule has 98 valence electrons. The van der Waals surface area contributed by atoms with Crippen LogP contribution in [-0.4, -0.2) is 30.0 Å². The largest absolute Gasteiger partial charge is 0.373 e. The summed E-state index contributed by atoms with van der Waals surface area (Å²) < 4.78 is 0. The smallest absolute Gasteiger partial charge is 0.259 e. The number of anilines is 2. The van der Waals surface area contributed by atoms with E-state index in [-0.39, 0.29) is 5.91 Å². The van der Waals surface area contributed by atoms with Crippen molar-refractivity contribution >= 4 is 17.5 Å². The third-order valence-corrected chi connectivity index (χ3v) is 2.75. The molecule has 0 radical (unpaired) electrons. The van der Waals surface area contributed by atoms with Gasteiger partial charge < -0.3 is 5.32 Å². The summed E-state index contributed by atoms with van der Waals surface area (Å²) in [6.07, 6.45) is 1.66. The van der Waals surface area contributed by atoms with Crippen LogP contribution in [0.2, 0.25) is 0 Å². The van der Waals surface area contributed by atoms with E-state index in [1.807, 2.05) is 19.1 Å². The molecule has 0 aliphatic rings. The molecule has 0 bridgehead atoms. The molecule has 0 saturated heterocycles. The first-order valence-corrected chi connectivity index (χ1v) is 5.97. The monoisotopic (exact) mass is 256 g/mol. The molecule has 0 unspecified atom stereocenters. The highest BCUT2D eigenvalue weighted by molar-refractivity contribution is 6.05. The number of aromatic nitrogens is 2. The fraction of sp³-hybridized carbons (Fsp3) is 0.214. The summed E-state index contributed by atoms with van der Waals surface area (Å²) in [5.41, 5.74) is 1.38. The van der Waals surface area contributed by atoms with Crippen molar-refractivity contribution in [1.29, 1.82) is 0 Å². The average molecular weight is 256 g/mol. The summed E-state index contributed by atoms with van der Waals surface area (Å²) >= 11 is 0. The minimum atomic E-state index is -0.110. The van der Waals surface area contributed by atoms with Crippen molar-refractivity contribution in [2.24, 2.45) is 0 Å². The zero-order valence-corrected chi connectivity index (χ0v) is 11.2. The SMILES string of the molecule is CNc1cc(C(=O)N(C)c2ccccn2)cc(C)n1. The van der Waals surface area contributed by atoms with Crippen molar-refractivity contribution in [3.05, 3.63) is 47.8 Å². The third kappa shape index (κ3) is 2.88. The normalized spacial score (nSPS) is 10.1. The summed E-state index contributed by atoms with van der Waals surface area (Å²) in [6.45, 7) is 1.86. The predicted octanol–water partition coefficient (Wildman–Crippen LogP) is 2.10. The van der Waals surface area contributed by atoms with Gasteiger partial charge in [-0.2, -0.15) is 0 Å². The van der Waals surface area contributed by atoms with Gasteiger partial charge in [0, 0.05) is 31.5 Å². The number of aryl methyl sites for hydroxylation is 1. The zero-order valence-electron chi connectivity index (χ0n) is 11.2. The summed E-state index contributed by atoms with van der Waals surface area (Å²) in [7, 11) is 3.48. The molecule has 0 atom stereocenters. The molecule has 2 aromatic rings. The highest BCUT2D eigenvalue weighted by Gasteiger charge is 2.15. The number of nitrogens with zero attached hydrogens (tertiary/aromatic N) is 3. The molecular weight excluding hydrogens is 240 g/mol. The first kappa shape index (κ1) is 13.0. The van der Waals surface area contributed by atoms with Crippen molar-refractivity contribution in [1.82, 2.24) is 9.97 Å². The Balaban J connectivity index is 2.31. The first-order valence-electron chi connectivity index (χ1n) is 5.97. The number of amides is 1. The van der Waals surface area contributed by atoms with Crippen LogP contribution in [0.4, 0.5) is 11.6 Å². The highest BCUT2D eigenvalue weighted by atomic mass is 16.2. The molecule has 1 N–H and O–H groups in total. The van der Waals surface area contributed by atoms with Gasteiger partial charge in [-0.3, -0.25) is 9.69 Å². The minimum absolute atomic E-state index is 0.110. The molecule has 5 nitrogen and oxygen atoms in total. The fourth-order valence-corrected chi connectivity index (χ4v) is 1.77. The van der Waals surface area contributed by atoms with Crippen LogP contribution in [-0.2, 0) is 0 Å². The predicted molar refractivity (Wildman–Crippen MR) is 75.5 cm³/mol. The summed E-state index contributed by atoms with van der Waals surface area (Å²) in [4.78, 5) is 22.4. The Morgan fingerprint density at radius 2 is 2.11 bits per heavy atom. The van der Waals surface area contributed by atoms with Gasteiger partial charge >= 0.3 is 0 Å². The zero-order chi connectivity index (χ0) is 13.8. The van der Waals surface area contributed by atoms with E-state index in [0.29, 0.717) is 17.2 Å². The van der Waals surface area contributed by atoms with E-state index in [9.17, 15) is 4.79 Å². The standard InChI is InChI=1S/C14H16N4O/c1-10-8-11(9-12(15-2)17-10)14(19)18(3)13-6-4-5-7-16-13/h4-9H,1-3H3,(H,15,17). The Morgan fingerprint density at radius 1 is 1.32 bits per heavy atom. The van der Waals surface area contributed by atoms with Gasteiger partial charge in [0.1, 0.15) is 11.6 Å². The molecular formula is C14H16N4O. The van der Waals surface area contributed by atoms with Crippen LogP contribution < -0.4 is 10.2 Å². The topological polar surface area (TPSA) is 58.1 Å². The van der Waals surface area contributed by atoms with Crippen LogP contribution >= 0.6 is 0 Å². The summed E-state index contributed by atoms with van der Waals surface area (Å²) in [5, 5.41) is 2.94. The Labute approximate surface area is 112 Å². The Kier molecular flexibility index (Phi) is 3.75. The van der Waals surface area contributed by atoms with Gasteiger partial charge in [-0.15, -0.1) is 0 Å². The molecule has 19 heavy (non-hydrogen) atoms. The number of hydrogen-bond donors (Lipinski definition) is 1. The van der Waals surface area contributed by atoms with E-state index in [0.717, 1.165) is 5.69 Å². The van der Waals surface area contributed by atoms with Crippen molar-refractivity contribution < 1.29 is 4.79 Å². The number of nitrogens with one attached hydrogen (secondary N) is 1. The lowest BCUT2D eigenvalue weighted by molar-refractivity contribution is 0.0992. The second kappa shape index (κ2) is 5.48. The first-order chi connectivity index (χ1) is 9.11. The Hall–Kier alpha value is -2.43.